The second kappa shape index (κ2) is 5.56. The van der Waals surface area contributed by atoms with Crippen LogP contribution in [0.2, 0.25) is 5.02 Å². The molecule has 6 heteroatoms. The third-order valence-electron chi connectivity index (χ3n) is 2.74. The van der Waals surface area contributed by atoms with Gasteiger partial charge in [-0.05, 0) is 13.0 Å². The lowest BCUT2D eigenvalue weighted by Crippen LogP contribution is -2.19. The van der Waals surface area contributed by atoms with Crippen molar-refractivity contribution in [2.75, 3.05) is 13.7 Å². The lowest BCUT2D eigenvalue weighted by atomic mass is 10.1. The van der Waals surface area contributed by atoms with Crippen LogP contribution < -0.4 is 5.73 Å². The Morgan fingerprint density at radius 1 is 1.61 bits per heavy atom. The molecule has 2 aromatic rings. The summed E-state index contributed by atoms with van der Waals surface area (Å²) in [7, 11) is 1.64. The summed E-state index contributed by atoms with van der Waals surface area (Å²) in [5.74, 6) is 0.819. The normalized spacial score (nSPS) is 12.9. The number of aryl methyl sites for hydroxylation is 1. The number of nitrogens with zero attached hydrogens (tertiary/aromatic N) is 2. The van der Waals surface area contributed by atoms with E-state index < -0.39 is 0 Å². The Morgan fingerprint density at radius 2 is 2.39 bits per heavy atom. The number of methoxy groups -OCH3 is 1. The molecule has 0 fully saturated rings. The molecule has 0 bridgehead atoms. The molecule has 18 heavy (non-hydrogen) atoms. The summed E-state index contributed by atoms with van der Waals surface area (Å²) >= 11 is 6.14. The van der Waals surface area contributed by atoms with E-state index in [1.54, 1.807) is 24.3 Å². The van der Waals surface area contributed by atoms with Crippen molar-refractivity contribution in [3.63, 3.8) is 0 Å². The highest BCUT2D eigenvalue weighted by Crippen LogP contribution is 2.27. The van der Waals surface area contributed by atoms with Crippen LogP contribution in [0.4, 0.5) is 0 Å². The summed E-state index contributed by atoms with van der Waals surface area (Å²) in [6, 6.07) is 1.54. The van der Waals surface area contributed by atoms with E-state index in [1.807, 2.05) is 13.0 Å². The molecule has 0 radical (unpaired) electrons. The van der Waals surface area contributed by atoms with Gasteiger partial charge in [0.2, 0.25) is 0 Å². The molecular weight excluding hydrogens is 254 g/mol. The zero-order valence-electron chi connectivity index (χ0n) is 10.4. The number of ether oxygens (including phenoxy) is 1. The van der Waals surface area contributed by atoms with E-state index >= 15 is 0 Å². The summed E-state index contributed by atoms with van der Waals surface area (Å²) in [4.78, 5) is 0. The second-order valence-corrected chi connectivity index (χ2v) is 4.47. The van der Waals surface area contributed by atoms with Crippen molar-refractivity contribution >= 4 is 11.6 Å². The van der Waals surface area contributed by atoms with Crippen LogP contribution in [0.1, 0.15) is 23.1 Å². The number of hydrogen-bond donors (Lipinski definition) is 1. The van der Waals surface area contributed by atoms with Gasteiger partial charge in [0.05, 0.1) is 42.4 Å². The first-order valence-electron chi connectivity index (χ1n) is 5.64. The zero-order valence-corrected chi connectivity index (χ0v) is 11.1. The third kappa shape index (κ3) is 2.58. The minimum absolute atomic E-state index is 0.352. The Bertz CT molecular complexity index is 521. The molecule has 2 N–H and O–H groups in total. The Labute approximate surface area is 110 Å². The second-order valence-electron chi connectivity index (χ2n) is 4.06. The molecule has 0 aliphatic rings. The largest absolute Gasteiger partial charge is 0.469 e. The van der Waals surface area contributed by atoms with E-state index in [0.717, 1.165) is 17.0 Å². The van der Waals surface area contributed by atoms with Crippen LogP contribution in [-0.4, -0.2) is 23.5 Å². The predicted molar refractivity (Wildman–Crippen MR) is 68.6 cm³/mol. The van der Waals surface area contributed by atoms with Gasteiger partial charge in [-0.15, -0.1) is 0 Å². The van der Waals surface area contributed by atoms with Gasteiger partial charge in [0.25, 0.3) is 0 Å². The molecule has 0 amide bonds. The van der Waals surface area contributed by atoms with E-state index in [0.29, 0.717) is 18.2 Å². The van der Waals surface area contributed by atoms with Crippen molar-refractivity contribution < 1.29 is 9.15 Å². The average molecular weight is 270 g/mol. The average Bonchev–Trinajstić information content (AvgIpc) is 2.92. The highest BCUT2D eigenvalue weighted by atomic mass is 35.5. The molecule has 2 rings (SSSR count). The number of hydrogen-bond acceptors (Lipinski definition) is 4. The van der Waals surface area contributed by atoms with Crippen molar-refractivity contribution in [3.8, 4) is 0 Å². The molecule has 0 aliphatic carbocycles. The molecule has 98 valence electrons. The molecule has 0 aromatic carbocycles. The Kier molecular flexibility index (Phi) is 4.06. The van der Waals surface area contributed by atoms with Gasteiger partial charge in [-0.2, -0.15) is 5.10 Å². The number of rotatable bonds is 5. The lowest BCUT2D eigenvalue weighted by Gasteiger charge is -2.13. The van der Waals surface area contributed by atoms with Gasteiger partial charge in [0, 0.05) is 12.7 Å². The summed E-state index contributed by atoms with van der Waals surface area (Å²) in [6.07, 6.45) is 3.24. The van der Waals surface area contributed by atoms with Crippen LogP contribution in [0.15, 0.2) is 22.9 Å². The number of aromatic nitrogens is 2. The van der Waals surface area contributed by atoms with Crippen LogP contribution in [0, 0.1) is 6.92 Å². The summed E-state index contributed by atoms with van der Waals surface area (Å²) in [5.41, 5.74) is 7.86. The predicted octanol–water partition coefficient (Wildman–Crippen LogP) is 2.13. The first-order chi connectivity index (χ1) is 8.63. The van der Waals surface area contributed by atoms with Crippen LogP contribution in [0.25, 0.3) is 0 Å². The first-order valence-corrected chi connectivity index (χ1v) is 6.02. The lowest BCUT2D eigenvalue weighted by molar-refractivity contribution is 0.182. The van der Waals surface area contributed by atoms with Crippen molar-refractivity contribution in [3.05, 3.63) is 40.6 Å². The molecular formula is C12H16ClN3O2. The number of nitrogens with two attached hydrogens (primary N) is 1. The Morgan fingerprint density at radius 3 is 3.00 bits per heavy atom. The van der Waals surface area contributed by atoms with Crippen LogP contribution >= 0.6 is 11.6 Å². The van der Waals surface area contributed by atoms with E-state index in [9.17, 15) is 0 Å². The molecule has 0 saturated carbocycles. The van der Waals surface area contributed by atoms with Gasteiger partial charge < -0.3 is 14.9 Å². The van der Waals surface area contributed by atoms with Gasteiger partial charge in [0.15, 0.2) is 0 Å². The topological polar surface area (TPSA) is 66.2 Å². The minimum Gasteiger partial charge on any atom is -0.469 e. The monoisotopic (exact) mass is 269 g/mol. The summed E-state index contributed by atoms with van der Waals surface area (Å²) in [5, 5.41) is 4.75. The van der Waals surface area contributed by atoms with Gasteiger partial charge >= 0.3 is 0 Å². The molecule has 5 nitrogen and oxygen atoms in total. The fourth-order valence-electron chi connectivity index (χ4n) is 1.82. The van der Waals surface area contributed by atoms with Gasteiger partial charge in [-0.25, -0.2) is 0 Å². The maximum Gasteiger partial charge on any atom is 0.101 e. The van der Waals surface area contributed by atoms with E-state index in [2.05, 4.69) is 5.10 Å². The fourth-order valence-corrected chi connectivity index (χ4v) is 2.08. The fraction of sp³-hybridized carbons (Fsp3) is 0.417. The first kappa shape index (κ1) is 13.1. The van der Waals surface area contributed by atoms with Gasteiger partial charge in [-0.1, -0.05) is 11.6 Å². The van der Waals surface area contributed by atoms with E-state index in [1.165, 1.54) is 0 Å². The van der Waals surface area contributed by atoms with Crippen molar-refractivity contribution in [1.29, 1.82) is 0 Å². The van der Waals surface area contributed by atoms with E-state index in [-0.39, 0.29) is 6.04 Å². The van der Waals surface area contributed by atoms with E-state index in [4.69, 9.17) is 26.5 Å². The summed E-state index contributed by atoms with van der Waals surface area (Å²) < 4.78 is 12.1. The minimum atomic E-state index is -0.352. The van der Waals surface area contributed by atoms with Gasteiger partial charge in [-0.3, -0.25) is 4.68 Å². The van der Waals surface area contributed by atoms with Crippen LogP contribution in [0.3, 0.4) is 0 Å². The van der Waals surface area contributed by atoms with Crippen molar-refractivity contribution in [2.24, 2.45) is 5.73 Å². The molecule has 0 aliphatic heterocycles. The highest BCUT2D eigenvalue weighted by molar-refractivity contribution is 6.31. The smallest absolute Gasteiger partial charge is 0.101 e. The molecule has 1 atom stereocenters. The number of halogens is 1. The molecule has 0 saturated heterocycles. The maximum absolute atomic E-state index is 6.20. The summed E-state index contributed by atoms with van der Waals surface area (Å²) in [6.45, 7) is 3.05. The third-order valence-corrected chi connectivity index (χ3v) is 3.04. The molecule has 1 unspecified atom stereocenters. The van der Waals surface area contributed by atoms with Gasteiger partial charge in [0.1, 0.15) is 5.76 Å². The Balaban J connectivity index is 2.28. The Hall–Kier alpha value is -1.30. The van der Waals surface area contributed by atoms with Crippen LogP contribution in [0.5, 0.6) is 0 Å². The molecule has 2 heterocycles. The highest BCUT2D eigenvalue weighted by Gasteiger charge is 2.19. The van der Waals surface area contributed by atoms with Crippen molar-refractivity contribution in [1.82, 2.24) is 9.78 Å². The standard InChI is InChI=1S/C12H16ClN3O2/c1-8-5-9(7-18-8)11(14)12-10(13)6-15-16(12)3-4-17-2/h5-7,11H,3-4,14H2,1-2H3. The quantitative estimate of drug-likeness (QED) is 0.903. The molecule has 0 spiro atoms. The molecule has 2 aromatic heterocycles. The zero-order chi connectivity index (χ0) is 13.1. The van der Waals surface area contributed by atoms with Crippen LogP contribution in [-0.2, 0) is 11.3 Å². The SMILES string of the molecule is COCCn1ncc(Cl)c1C(N)c1coc(C)c1. The maximum atomic E-state index is 6.20. The number of furan rings is 1. The van der Waals surface area contributed by atoms with Crippen molar-refractivity contribution in [2.45, 2.75) is 19.5 Å².